The van der Waals surface area contributed by atoms with Gasteiger partial charge < -0.3 is 10.0 Å². The fourth-order valence-electron chi connectivity index (χ4n) is 2.14. The lowest BCUT2D eigenvalue weighted by Gasteiger charge is -2.31. The van der Waals surface area contributed by atoms with Gasteiger partial charge in [-0.15, -0.1) is 0 Å². The van der Waals surface area contributed by atoms with Crippen molar-refractivity contribution < 1.29 is 5.11 Å². The normalized spacial score (nSPS) is 14.0. The third-order valence-corrected chi connectivity index (χ3v) is 3.15. The smallest absolute Gasteiger partial charge is 0.0524 e. The molecule has 0 spiro atoms. The van der Waals surface area contributed by atoms with Crippen molar-refractivity contribution in [1.29, 1.82) is 0 Å². The van der Waals surface area contributed by atoms with Crippen LogP contribution in [-0.2, 0) is 5.41 Å². The molecule has 2 nitrogen and oxygen atoms in total. The maximum Gasteiger partial charge on any atom is 0.0524 e. The second-order valence-electron chi connectivity index (χ2n) is 5.63. The average Bonchev–Trinajstić information content (AvgIpc) is 2.27. The van der Waals surface area contributed by atoms with E-state index in [4.69, 9.17) is 0 Å². The van der Waals surface area contributed by atoms with Crippen molar-refractivity contribution in [3.63, 3.8) is 0 Å². The molecule has 1 atom stereocenters. The van der Waals surface area contributed by atoms with Crippen LogP contribution in [0.5, 0.6) is 0 Å². The second-order valence-corrected chi connectivity index (χ2v) is 5.63. The minimum atomic E-state index is -0.211. The summed E-state index contributed by atoms with van der Waals surface area (Å²) < 4.78 is 0. The van der Waals surface area contributed by atoms with Gasteiger partial charge in [-0.2, -0.15) is 0 Å². The minimum Gasteiger partial charge on any atom is -0.393 e. The Balaban J connectivity index is 2.54. The van der Waals surface area contributed by atoms with Gasteiger partial charge in [0, 0.05) is 18.5 Å². The van der Waals surface area contributed by atoms with Crippen LogP contribution < -0.4 is 0 Å². The molecule has 2 heteroatoms. The number of rotatable bonds is 6. The quantitative estimate of drug-likeness (QED) is 0.819. The molecule has 1 aromatic carbocycles. The third kappa shape index (κ3) is 4.88. The molecule has 1 N–H and O–H groups in total. The molecule has 17 heavy (non-hydrogen) atoms. The van der Waals surface area contributed by atoms with Crippen molar-refractivity contribution in [2.45, 2.75) is 38.7 Å². The van der Waals surface area contributed by atoms with E-state index in [9.17, 15) is 5.11 Å². The van der Waals surface area contributed by atoms with E-state index in [1.807, 2.05) is 6.92 Å². The summed E-state index contributed by atoms with van der Waals surface area (Å²) in [6, 6.07) is 10.6. The number of hydrogen-bond acceptors (Lipinski definition) is 2. The molecular formula is C15H25NO. The molecule has 0 bridgehead atoms. The van der Waals surface area contributed by atoms with Crippen molar-refractivity contribution >= 4 is 0 Å². The molecule has 1 aromatic rings. The van der Waals surface area contributed by atoms with E-state index in [-0.39, 0.29) is 11.5 Å². The topological polar surface area (TPSA) is 23.5 Å². The fraction of sp³-hybridized carbons (Fsp3) is 0.600. The molecule has 0 saturated carbocycles. The molecule has 96 valence electrons. The predicted octanol–water partition coefficient (Wildman–Crippen LogP) is 2.67. The Bertz CT molecular complexity index is 319. The molecular weight excluding hydrogens is 210 g/mol. The Morgan fingerprint density at radius 3 is 2.35 bits per heavy atom. The van der Waals surface area contributed by atoms with Gasteiger partial charge in [-0.3, -0.25) is 0 Å². The standard InChI is InChI=1S/C15H25NO/c1-13(17)10-11-16(4)12-15(2,3)14-8-6-5-7-9-14/h5-9,13,17H,10-12H2,1-4H3. The lowest BCUT2D eigenvalue weighted by atomic mass is 9.84. The Morgan fingerprint density at radius 1 is 1.24 bits per heavy atom. The molecule has 0 radical (unpaired) electrons. The zero-order valence-corrected chi connectivity index (χ0v) is 11.5. The summed E-state index contributed by atoms with van der Waals surface area (Å²) in [5.41, 5.74) is 1.51. The highest BCUT2D eigenvalue weighted by Gasteiger charge is 2.22. The van der Waals surface area contributed by atoms with E-state index >= 15 is 0 Å². The largest absolute Gasteiger partial charge is 0.393 e. The van der Waals surface area contributed by atoms with E-state index in [0.29, 0.717) is 0 Å². The highest BCUT2D eigenvalue weighted by molar-refractivity contribution is 5.23. The van der Waals surface area contributed by atoms with Gasteiger partial charge in [0.05, 0.1) is 6.10 Å². The van der Waals surface area contributed by atoms with Crippen molar-refractivity contribution in [2.75, 3.05) is 20.1 Å². The van der Waals surface area contributed by atoms with Gasteiger partial charge in [-0.25, -0.2) is 0 Å². The van der Waals surface area contributed by atoms with Gasteiger partial charge in [0.2, 0.25) is 0 Å². The van der Waals surface area contributed by atoms with Crippen molar-refractivity contribution in [2.24, 2.45) is 0 Å². The summed E-state index contributed by atoms with van der Waals surface area (Å²) >= 11 is 0. The molecule has 0 amide bonds. The first-order chi connectivity index (χ1) is 7.92. The molecule has 0 aliphatic heterocycles. The first-order valence-corrected chi connectivity index (χ1v) is 6.34. The van der Waals surface area contributed by atoms with Crippen LogP contribution in [0.25, 0.3) is 0 Å². The fourth-order valence-corrected chi connectivity index (χ4v) is 2.14. The number of hydrogen-bond donors (Lipinski definition) is 1. The van der Waals surface area contributed by atoms with Gasteiger partial charge in [-0.05, 0) is 26.0 Å². The van der Waals surface area contributed by atoms with Crippen LogP contribution in [-0.4, -0.2) is 36.2 Å². The Morgan fingerprint density at radius 2 is 1.82 bits per heavy atom. The molecule has 0 aliphatic carbocycles. The van der Waals surface area contributed by atoms with Gasteiger partial charge in [0.15, 0.2) is 0 Å². The summed E-state index contributed by atoms with van der Waals surface area (Å²) in [5, 5.41) is 9.29. The lowest BCUT2D eigenvalue weighted by Crippen LogP contribution is -2.35. The molecule has 0 aliphatic rings. The van der Waals surface area contributed by atoms with Crippen molar-refractivity contribution in [1.82, 2.24) is 4.90 Å². The number of benzene rings is 1. The van der Waals surface area contributed by atoms with Crippen LogP contribution in [0.15, 0.2) is 30.3 Å². The number of likely N-dealkylation sites (N-methyl/N-ethyl adjacent to an activating group) is 1. The Hall–Kier alpha value is -0.860. The van der Waals surface area contributed by atoms with Crippen molar-refractivity contribution in [3.8, 4) is 0 Å². The lowest BCUT2D eigenvalue weighted by molar-refractivity contribution is 0.157. The molecule has 0 saturated heterocycles. The Labute approximate surface area is 105 Å². The van der Waals surface area contributed by atoms with E-state index in [0.717, 1.165) is 19.5 Å². The molecule has 0 aromatic heterocycles. The summed E-state index contributed by atoms with van der Waals surface area (Å²) in [5.74, 6) is 0. The summed E-state index contributed by atoms with van der Waals surface area (Å²) in [7, 11) is 2.12. The van der Waals surface area contributed by atoms with Gasteiger partial charge in [-0.1, -0.05) is 44.2 Å². The maximum atomic E-state index is 9.29. The average molecular weight is 235 g/mol. The molecule has 0 heterocycles. The van der Waals surface area contributed by atoms with Crippen LogP contribution >= 0.6 is 0 Å². The molecule has 1 rings (SSSR count). The number of aliphatic hydroxyl groups is 1. The predicted molar refractivity (Wildman–Crippen MR) is 73.3 cm³/mol. The van der Waals surface area contributed by atoms with E-state index in [1.165, 1.54) is 5.56 Å². The zero-order valence-electron chi connectivity index (χ0n) is 11.5. The second kappa shape index (κ2) is 6.18. The third-order valence-electron chi connectivity index (χ3n) is 3.15. The summed E-state index contributed by atoms with van der Waals surface area (Å²) in [4.78, 5) is 2.29. The first kappa shape index (κ1) is 14.2. The first-order valence-electron chi connectivity index (χ1n) is 6.34. The van der Waals surface area contributed by atoms with Crippen LogP contribution in [0.2, 0.25) is 0 Å². The summed E-state index contributed by atoms with van der Waals surface area (Å²) in [6.45, 7) is 8.32. The highest BCUT2D eigenvalue weighted by atomic mass is 16.3. The maximum absolute atomic E-state index is 9.29. The molecule has 1 unspecified atom stereocenters. The van der Waals surface area contributed by atoms with Crippen LogP contribution in [0.1, 0.15) is 32.8 Å². The van der Waals surface area contributed by atoms with Crippen LogP contribution in [0.3, 0.4) is 0 Å². The van der Waals surface area contributed by atoms with E-state index in [1.54, 1.807) is 0 Å². The summed E-state index contributed by atoms with van der Waals surface area (Å²) in [6.07, 6.45) is 0.624. The molecule has 0 fully saturated rings. The highest BCUT2D eigenvalue weighted by Crippen LogP contribution is 2.23. The zero-order chi connectivity index (χ0) is 12.9. The SMILES string of the molecule is CC(O)CCN(C)CC(C)(C)c1ccccc1. The Kier molecular flexibility index (Phi) is 5.16. The van der Waals surface area contributed by atoms with Gasteiger partial charge in [0.1, 0.15) is 0 Å². The van der Waals surface area contributed by atoms with Crippen molar-refractivity contribution in [3.05, 3.63) is 35.9 Å². The van der Waals surface area contributed by atoms with E-state index < -0.39 is 0 Å². The minimum absolute atomic E-state index is 0.148. The van der Waals surface area contributed by atoms with Gasteiger partial charge in [0.25, 0.3) is 0 Å². The van der Waals surface area contributed by atoms with Gasteiger partial charge >= 0.3 is 0 Å². The number of aliphatic hydroxyl groups excluding tert-OH is 1. The van der Waals surface area contributed by atoms with Crippen LogP contribution in [0.4, 0.5) is 0 Å². The van der Waals surface area contributed by atoms with Crippen LogP contribution in [0, 0.1) is 0 Å². The number of nitrogens with zero attached hydrogens (tertiary/aromatic N) is 1. The van der Waals surface area contributed by atoms with E-state index in [2.05, 4.69) is 56.1 Å². The monoisotopic (exact) mass is 235 g/mol.